The van der Waals surface area contributed by atoms with Gasteiger partial charge in [0.1, 0.15) is 12.2 Å². The standard InChI is InChI=1S/C16H19FINO4.C12H13FINO3/c1-2-23-15(21)9-14(20)12-7-11(8-13(18)16(12)17)10-19-3-5-22-6-4-19;13-11-9(12(16)17)5-8(6-10(11)14)7-15-1-3-18-4-2-15/h7-8H,2-6,9-10H2,1H3;5-6H,1-4,7H2,(H,16,17). The minimum atomic E-state index is -1.23. The van der Waals surface area contributed by atoms with Crippen molar-refractivity contribution in [2.45, 2.75) is 26.4 Å². The van der Waals surface area contributed by atoms with Gasteiger partial charge in [-0.25, -0.2) is 13.6 Å². The summed E-state index contributed by atoms with van der Waals surface area (Å²) in [6.07, 6.45) is -0.443. The second-order valence-electron chi connectivity index (χ2n) is 9.37. The Hall–Kier alpha value is -1.79. The topological polar surface area (TPSA) is 106 Å². The van der Waals surface area contributed by atoms with Crippen molar-refractivity contribution in [1.29, 1.82) is 0 Å². The predicted octanol–water partition coefficient (Wildman–Crippen LogP) is 4.36. The number of halogens is 4. The second-order valence-corrected chi connectivity index (χ2v) is 11.7. The highest BCUT2D eigenvalue weighted by molar-refractivity contribution is 14.1. The highest BCUT2D eigenvalue weighted by Gasteiger charge is 2.21. The highest BCUT2D eigenvalue weighted by atomic mass is 127. The summed E-state index contributed by atoms with van der Waals surface area (Å²) in [4.78, 5) is 38.9. The third kappa shape index (κ3) is 10.5. The number of aromatic carboxylic acids is 1. The van der Waals surface area contributed by atoms with Crippen molar-refractivity contribution in [3.63, 3.8) is 0 Å². The van der Waals surface area contributed by atoms with Gasteiger partial charge in [0.25, 0.3) is 0 Å². The number of nitrogens with zero attached hydrogens (tertiary/aromatic N) is 2. The van der Waals surface area contributed by atoms with Crippen molar-refractivity contribution in [2.24, 2.45) is 0 Å². The number of Topliss-reactive ketones (excluding diaryl/α,β-unsaturated/α-hetero) is 1. The summed E-state index contributed by atoms with van der Waals surface area (Å²) in [5.41, 5.74) is 1.36. The number of hydrogen-bond donors (Lipinski definition) is 1. The van der Waals surface area contributed by atoms with E-state index in [0.717, 1.165) is 37.3 Å². The molecule has 2 aromatic carbocycles. The molecule has 2 fully saturated rings. The quantitative estimate of drug-likeness (QED) is 0.172. The number of carbonyl (C=O) groups excluding carboxylic acids is 2. The molecule has 1 N–H and O–H groups in total. The van der Waals surface area contributed by atoms with Gasteiger partial charge in [0.05, 0.1) is 44.2 Å². The highest BCUT2D eigenvalue weighted by Crippen LogP contribution is 2.22. The second kappa shape index (κ2) is 16.7. The third-order valence-corrected chi connectivity index (χ3v) is 7.91. The van der Waals surface area contributed by atoms with Crippen LogP contribution in [0, 0.1) is 18.8 Å². The molecule has 13 heteroatoms. The largest absolute Gasteiger partial charge is 0.478 e. The Morgan fingerprint density at radius 1 is 0.829 bits per heavy atom. The van der Waals surface area contributed by atoms with Crippen LogP contribution in [0.2, 0.25) is 0 Å². The number of hydrogen-bond acceptors (Lipinski definition) is 8. The normalized spacial score (nSPS) is 16.0. The molecule has 0 unspecified atom stereocenters. The van der Waals surface area contributed by atoms with Crippen LogP contribution in [-0.2, 0) is 32.1 Å². The first kappa shape index (κ1) is 33.7. The molecule has 0 spiro atoms. The van der Waals surface area contributed by atoms with E-state index < -0.39 is 35.8 Å². The van der Waals surface area contributed by atoms with Gasteiger partial charge in [-0.1, -0.05) is 0 Å². The first-order chi connectivity index (χ1) is 19.6. The van der Waals surface area contributed by atoms with E-state index in [0.29, 0.717) is 46.7 Å². The molecule has 4 rings (SSSR count). The molecular formula is C28H32F2I2N2O7. The molecule has 2 aromatic rings. The van der Waals surface area contributed by atoms with Gasteiger partial charge in [0.15, 0.2) is 11.6 Å². The molecule has 0 saturated carbocycles. The predicted molar refractivity (Wildman–Crippen MR) is 163 cm³/mol. The van der Waals surface area contributed by atoms with Gasteiger partial charge in [0.2, 0.25) is 0 Å². The van der Waals surface area contributed by atoms with Crippen LogP contribution in [0.1, 0.15) is 45.2 Å². The Bertz CT molecular complexity index is 1240. The van der Waals surface area contributed by atoms with Crippen LogP contribution in [0.15, 0.2) is 24.3 Å². The Labute approximate surface area is 264 Å². The number of ketones is 1. The Balaban J connectivity index is 0.000000232. The molecule has 2 aliphatic heterocycles. The molecule has 0 atom stereocenters. The Morgan fingerprint density at radius 2 is 1.27 bits per heavy atom. The third-order valence-electron chi connectivity index (χ3n) is 6.34. The molecular weight excluding hydrogens is 768 g/mol. The summed E-state index contributed by atoms with van der Waals surface area (Å²) >= 11 is 3.69. The van der Waals surface area contributed by atoms with E-state index in [1.54, 1.807) is 19.1 Å². The van der Waals surface area contributed by atoms with E-state index >= 15 is 0 Å². The lowest BCUT2D eigenvalue weighted by Crippen LogP contribution is -2.35. The van der Waals surface area contributed by atoms with Gasteiger partial charge < -0.3 is 19.3 Å². The van der Waals surface area contributed by atoms with Crippen molar-refractivity contribution in [1.82, 2.24) is 9.80 Å². The SMILES string of the molecule is CCOC(=O)CC(=O)c1cc(CN2CCOCC2)cc(I)c1F.O=C(O)c1cc(CN2CCOCC2)cc(I)c1F. The fourth-order valence-electron chi connectivity index (χ4n) is 4.30. The van der Waals surface area contributed by atoms with Crippen LogP contribution in [0.5, 0.6) is 0 Å². The van der Waals surface area contributed by atoms with Crippen LogP contribution in [0.25, 0.3) is 0 Å². The summed E-state index contributed by atoms with van der Waals surface area (Å²) < 4.78 is 43.8. The van der Waals surface area contributed by atoms with Gasteiger partial charge in [-0.3, -0.25) is 19.4 Å². The van der Waals surface area contributed by atoms with E-state index in [9.17, 15) is 23.2 Å². The van der Waals surface area contributed by atoms with Crippen LogP contribution >= 0.6 is 45.2 Å². The number of rotatable bonds is 9. The lowest BCUT2D eigenvalue weighted by Gasteiger charge is -2.26. The van der Waals surface area contributed by atoms with E-state index in [1.807, 2.05) is 45.2 Å². The maximum atomic E-state index is 14.2. The maximum absolute atomic E-state index is 14.2. The van der Waals surface area contributed by atoms with E-state index in [-0.39, 0.29) is 17.7 Å². The van der Waals surface area contributed by atoms with Crippen molar-refractivity contribution in [3.05, 3.63) is 65.3 Å². The minimum absolute atomic E-state index is 0.0480. The summed E-state index contributed by atoms with van der Waals surface area (Å²) in [6.45, 7) is 9.07. The van der Waals surface area contributed by atoms with Gasteiger partial charge in [-0.15, -0.1) is 0 Å². The monoisotopic (exact) mass is 800 g/mol. The Kier molecular flexibility index (Phi) is 13.8. The zero-order chi connectivity index (χ0) is 29.9. The Morgan fingerprint density at radius 3 is 1.71 bits per heavy atom. The van der Waals surface area contributed by atoms with Crippen molar-refractivity contribution in [2.75, 3.05) is 59.2 Å². The van der Waals surface area contributed by atoms with E-state index in [1.165, 1.54) is 12.1 Å². The van der Waals surface area contributed by atoms with Crippen molar-refractivity contribution < 1.29 is 42.5 Å². The first-order valence-corrected chi connectivity index (χ1v) is 15.2. The molecule has 9 nitrogen and oxygen atoms in total. The molecule has 2 heterocycles. The number of esters is 1. The number of carboxylic acid groups (broad SMARTS) is 1. The molecule has 0 amide bonds. The number of carboxylic acids is 1. The molecule has 0 aromatic heterocycles. The number of carbonyl (C=O) groups is 3. The first-order valence-electron chi connectivity index (χ1n) is 13.1. The summed E-state index contributed by atoms with van der Waals surface area (Å²) in [6, 6.07) is 6.37. The molecule has 224 valence electrons. The van der Waals surface area contributed by atoms with E-state index in [2.05, 4.69) is 9.80 Å². The molecule has 0 aliphatic carbocycles. The van der Waals surface area contributed by atoms with Gasteiger partial charge in [0, 0.05) is 46.4 Å². The maximum Gasteiger partial charge on any atom is 0.338 e. The number of morpholine rings is 2. The zero-order valence-electron chi connectivity index (χ0n) is 22.6. The van der Waals surface area contributed by atoms with E-state index in [4.69, 9.17) is 19.3 Å². The average molecular weight is 800 g/mol. The lowest BCUT2D eigenvalue weighted by molar-refractivity contribution is -0.141. The molecule has 41 heavy (non-hydrogen) atoms. The van der Waals surface area contributed by atoms with Crippen LogP contribution in [0.4, 0.5) is 8.78 Å². The summed E-state index contributed by atoms with van der Waals surface area (Å²) in [5, 5.41) is 8.94. The smallest absolute Gasteiger partial charge is 0.338 e. The molecule has 0 radical (unpaired) electrons. The molecule has 0 bridgehead atoms. The number of ether oxygens (including phenoxy) is 3. The van der Waals surface area contributed by atoms with Gasteiger partial charge in [-0.05, 0) is 87.5 Å². The van der Waals surface area contributed by atoms with Crippen molar-refractivity contribution >= 4 is 62.9 Å². The zero-order valence-corrected chi connectivity index (χ0v) is 26.9. The number of benzene rings is 2. The minimum Gasteiger partial charge on any atom is -0.478 e. The molecule has 2 aliphatic rings. The average Bonchev–Trinajstić information content (AvgIpc) is 2.94. The van der Waals surface area contributed by atoms with Crippen LogP contribution in [-0.4, -0.2) is 91.8 Å². The summed E-state index contributed by atoms with van der Waals surface area (Å²) in [5.74, 6) is -3.65. The fourth-order valence-corrected chi connectivity index (χ4v) is 5.69. The molecule has 2 saturated heterocycles. The summed E-state index contributed by atoms with van der Waals surface area (Å²) in [7, 11) is 0. The lowest BCUT2D eigenvalue weighted by atomic mass is 10.0. The van der Waals surface area contributed by atoms with Gasteiger partial charge in [-0.2, -0.15) is 0 Å². The fraction of sp³-hybridized carbons (Fsp3) is 0.464. The van der Waals surface area contributed by atoms with Gasteiger partial charge >= 0.3 is 11.9 Å². The van der Waals surface area contributed by atoms with Crippen LogP contribution in [0.3, 0.4) is 0 Å². The van der Waals surface area contributed by atoms with Crippen LogP contribution < -0.4 is 0 Å². The van der Waals surface area contributed by atoms with Crippen molar-refractivity contribution in [3.8, 4) is 0 Å².